The van der Waals surface area contributed by atoms with Crippen molar-refractivity contribution < 1.29 is 9.21 Å². The molecule has 0 N–H and O–H groups in total. The Bertz CT molecular complexity index is 649. The van der Waals surface area contributed by atoms with Gasteiger partial charge in [0.2, 0.25) is 5.89 Å². The number of carbonyl (C=O) groups is 1. The third-order valence-corrected chi connectivity index (χ3v) is 2.91. The zero-order chi connectivity index (χ0) is 15.2. The molecule has 0 bridgehead atoms. The zero-order valence-corrected chi connectivity index (χ0v) is 12.4. The molecule has 0 aromatic carbocycles. The van der Waals surface area contributed by atoms with E-state index in [1.165, 1.54) is 0 Å². The van der Waals surface area contributed by atoms with Crippen LogP contribution in [0.1, 0.15) is 34.8 Å². The highest BCUT2D eigenvalue weighted by atomic mass is 16.4. The van der Waals surface area contributed by atoms with Gasteiger partial charge in [0.1, 0.15) is 0 Å². The van der Waals surface area contributed by atoms with Crippen molar-refractivity contribution in [2.24, 2.45) is 0 Å². The van der Waals surface area contributed by atoms with Crippen molar-refractivity contribution in [2.75, 3.05) is 7.05 Å². The summed E-state index contributed by atoms with van der Waals surface area (Å²) in [5.74, 6) is 0.163. The van der Waals surface area contributed by atoms with Crippen molar-refractivity contribution in [3.63, 3.8) is 0 Å². The van der Waals surface area contributed by atoms with E-state index < -0.39 is 0 Å². The molecule has 6 heteroatoms. The number of pyridine rings is 1. The van der Waals surface area contributed by atoms with Crippen molar-refractivity contribution in [1.82, 2.24) is 20.1 Å². The highest BCUT2D eigenvalue weighted by molar-refractivity contribution is 5.89. The van der Waals surface area contributed by atoms with Gasteiger partial charge in [-0.25, -0.2) is 0 Å². The van der Waals surface area contributed by atoms with Crippen LogP contribution in [0.4, 0.5) is 0 Å². The highest BCUT2D eigenvalue weighted by Gasteiger charge is 2.19. The average molecular weight is 286 g/mol. The fourth-order valence-corrected chi connectivity index (χ4v) is 1.85. The van der Waals surface area contributed by atoms with Crippen molar-refractivity contribution in [1.29, 1.82) is 0 Å². The van der Waals surface area contributed by atoms with Crippen LogP contribution in [0, 0.1) is 6.92 Å². The Kier molecular flexibility index (Phi) is 4.81. The van der Waals surface area contributed by atoms with Gasteiger partial charge in [-0.2, -0.15) is 0 Å². The Labute approximate surface area is 123 Å². The van der Waals surface area contributed by atoms with E-state index >= 15 is 0 Å². The molecule has 6 nitrogen and oxygen atoms in total. The molecule has 2 aromatic heterocycles. The maximum atomic E-state index is 12.2. The molecular weight excluding hydrogens is 268 g/mol. The summed E-state index contributed by atoms with van der Waals surface area (Å²) in [5, 5.41) is 7.65. The first-order valence-electron chi connectivity index (χ1n) is 6.70. The lowest BCUT2D eigenvalue weighted by Gasteiger charge is -2.14. The first-order valence-corrected chi connectivity index (χ1v) is 6.70. The fourth-order valence-electron chi connectivity index (χ4n) is 1.85. The molecule has 2 heterocycles. The van der Waals surface area contributed by atoms with Crippen LogP contribution in [-0.4, -0.2) is 33.0 Å². The van der Waals surface area contributed by atoms with Crippen LogP contribution in [0.2, 0.25) is 0 Å². The Morgan fingerprint density at radius 1 is 1.43 bits per heavy atom. The minimum absolute atomic E-state index is 0.0165. The molecule has 0 aliphatic carbocycles. The summed E-state index contributed by atoms with van der Waals surface area (Å²) in [6.07, 6.45) is 6.05. The van der Waals surface area contributed by atoms with Crippen LogP contribution in [0.25, 0.3) is 0 Å². The Morgan fingerprint density at radius 2 is 2.24 bits per heavy atom. The summed E-state index contributed by atoms with van der Waals surface area (Å²) in [7, 11) is 1.70. The second-order valence-electron chi connectivity index (χ2n) is 4.74. The normalized spacial score (nSPS) is 11.0. The van der Waals surface area contributed by atoms with E-state index in [0.717, 1.165) is 11.3 Å². The van der Waals surface area contributed by atoms with E-state index in [2.05, 4.69) is 15.2 Å². The van der Waals surface area contributed by atoms with Crippen LogP contribution in [0.15, 0.2) is 34.9 Å². The van der Waals surface area contributed by atoms with Crippen molar-refractivity contribution in [3.8, 4) is 0 Å². The quantitative estimate of drug-likeness (QED) is 0.788. The maximum absolute atomic E-state index is 12.2. The first-order chi connectivity index (χ1) is 10.1. The number of hydrogen-bond donors (Lipinski definition) is 0. The van der Waals surface area contributed by atoms with Gasteiger partial charge in [0.25, 0.3) is 0 Å². The maximum Gasteiger partial charge on any atom is 0.311 e. The van der Waals surface area contributed by atoms with Crippen LogP contribution in [0.3, 0.4) is 0 Å². The average Bonchev–Trinajstić information content (AvgIpc) is 2.93. The topological polar surface area (TPSA) is 72.1 Å². The van der Waals surface area contributed by atoms with E-state index in [4.69, 9.17) is 4.42 Å². The van der Waals surface area contributed by atoms with Gasteiger partial charge >= 0.3 is 11.8 Å². The molecule has 2 aromatic rings. The second-order valence-corrected chi connectivity index (χ2v) is 4.74. The molecular formula is C15H18N4O2. The molecule has 0 unspecified atom stereocenters. The van der Waals surface area contributed by atoms with Gasteiger partial charge in [0, 0.05) is 31.9 Å². The first kappa shape index (κ1) is 14.9. The number of hydrogen-bond acceptors (Lipinski definition) is 5. The molecule has 0 aliphatic heterocycles. The summed E-state index contributed by atoms with van der Waals surface area (Å²) in [5.41, 5.74) is 1.92. The summed E-state index contributed by atoms with van der Waals surface area (Å²) >= 11 is 0. The Morgan fingerprint density at radius 3 is 2.95 bits per heavy atom. The van der Waals surface area contributed by atoms with E-state index in [-0.39, 0.29) is 11.8 Å². The monoisotopic (exact) mass is 286 g/mol. The molecule has 1 amide bonds. The molecule has 0 atom stereocenters. The number of amides is 1. The Balaban J connectivity index is 2.03. The van der Waals surface area contributed by atoms with Crippen molar-refractivity contribution >= 4 is 5.91 Å². The van der Waals surface area contributed by atoms with Gasteiger partial charge in [-0.15, -0.1) is 10.2 Å². The predicted molar refractivity (Wildman–Crippen MR) is 77.6 cm³/mol. The van der Waals surface area contributed by atoms with E-state index in [9.17, 15) is 4.79 Å². The summed E-state index contributed by atoms with van der Waals surface area (Å²) in [6, 6.07) is 3.82. The predicted octanol–water partition coefficient (Wildman–Crippen LogP) is 2.16. The zero-order valence-electron chi connectivity index (χ0n) is 12.4. The molecule has 110 valence electrons. The Hall–Kier alpha value is -2.50. The van der Waals surface area contributed by atoms with Crippen molar-refractivity contribution in [3.05, 3.63) is 53.5 Å². The van der Waals surface area contributed by atoms with E-state index in [1.807, 2.05) is 38.1 Å². The van der Waals surface area contributed by atoms with E-state index in [0.29, 0.717) is 18.9 Å². The molecule has 0 spiro atoms. The number of carbonyl (C=O) groups excluding carboxylic acids is 1. The molecule has 0 saturated heterocycles. The van der Waals surface area contributed by atoms with Gasteiger partial charge in [-0.3, -0.25) is 9.78 Å². The standard InChI is InChI=1S/C15H18N4O2/c1-4-5-6-13-17-18-14(21-13)15(20)19(3)10-12-7-8-16-11(2)9-12/h4-5,7-9H,6,10H2,1-3H3/b5-4+. The van der Waals surface area contributed by atoms with Gasteiger partial charge in [-0.05, 0) is 31.5 Å². The fraction of sp³-hybridized carbons (Fsp3) is 0.333. The van der Waals surface area contributed by atoms with E-state index in [1.54, 1.807) is 18.1 Å². The number of nitrogens with zero attached hydrogens (tertiary/aromatic N) is 4. The van der Waals surface area contributed by atoms with Crippen LogP contribution in [-0.2, 0) is 13.0 Å². The molecule has 2 rings (SSSR count). The minimum atomic E-state index is -0.288. The summed E-state index contributed by atoms with van der Waals surface area (Å²) < 4.78 is 5.35. The number of allylic oxidation sites excluding steroid dienone is 2. The van der Waals surface area contributed by atoms with Gasteiger partial charge in [0.05, 0.1) is 0 Å². The smallest absolute Gasteiger partial charge is 0.311 e. The minimum Gasteiger partial charge on any atom is -0.417 e. The molecule has 21 heavy (non-hydrogen) atoms. The van der Waals surface area contributed by atoms with Gasteiger partial charge in [0.15, 0.2) is 0 Å². The number of aryl methyl sites for hydroxylation is 1. The SMILES string of the molecule is C/C=C/Cc1nnc(C(=O)N(C)Cc2ccnc(C)c2)o1. The lowest BCUT2D eigenvalue weighted by Crippen LogP contribution is -2.26. The lowest BCUT2D eigenvalue weighted by atomic mass is 10.2. The molecule has 0 fully saturated rings. The molecule has 0 saturated carbocycles. The van der Waals surface area contributed by atoms with Crippen molar-refractivity contribution in [2.45, 2.75) is 26.8 Å². The van der Waals surface area contributed by atoms with Gasteiger partial charge < -0.3 is 9.32 Å². The summed E-state index contributed by atoms with van der Waals surface area (Å²) in [6.45, 7) is 4.29. The lowest BCUT2D eigenvalue weighted by molar-refractivity contribution is 0.0743. The number of rotatable bonds is 5. The van der Waals surface area contributed by atoms with Crippen LogP contribution in [0.5, 0.6) is 0 Å². The highest BCUT2D eigenvalue weighted by Crippen LogP contribution is 2.09. The van der Waals surface area contributed by atoms with Crippen LogP contribution >= 0.6 is 0 Å². The molecule has 0 aliphatic rings. The van der Waals surface area contributed by atoms with Crippen LogP contribution < -0.4 is 0 Å². The summed E-state index contributed by atoms with van der Waals surface area (Å²) in [4.78, 5) is 17.9. The van der Waals surface area contributed by atoms with Gasteiger partial charge in [-0.1, -0.05) is 12.2 Å². The third kappa shape index (κ3) is 3.98. The number of aromatic nitrogens is 3. The molecule has 0 radical (unpaired) electrons. The second kappa shape index (κ2) is 6.78. The largest absolute Gasteiger partial charge is 0.417 e. The third-order valence-electron chi connectivity index (χ3n) is 2.91.